The van der Waals surface area contributed by atoms with E-state index in [-0.39, 0.29) is 29.7 Å². The first-order valence-electron chi connectivity index (χ1n) is 6.42. The highest BCUT2D eigenvalue weighted by atomic mass is 127. The van der Waals surface area contributed by atoms with Gasteiger partial charge in [0.25, 0.3) is 0 Å². The van der Waals surface area contributed by atoms with Gasteiger partial charge in [-0.1, -0.05) is 26.0 Å². The van der Waals surface area contributed by atoms with Gasteiger partial charge in [0.1, 0.15) is 5.75 Å². The molecule has 0 bridgehead atoms. The Labute approximate surface area is 132 Å². The summed E-state index contributed by atoms with van der Waals surface area (Å²) in [5.74, 6) is 1.70. The zero-order valence-corrected chi connectivity index (χ0v) is 14.1. The molecule has 0 unspecified atom stereocenters. The summed E-state index contributed by atoms with van der Waals surface area (Å²) < 4.78 is 0. The van der Waals surface area contributed by atoms with Crippen LogP contribution in [0.2, 0.25) is 0 Å². The van der Waals surface area contributed by atoms with E-state index in [1.807, 2.05) is 19.1 Å². The summed E-state index contributed by atoms with van der Waals surface area (Å²) in [6.45, 7) is 8.73. The van der Waals surface area contributed by atoms with Crippen LogP contribution in [-0.4, -0.2) is 24.2 Å². The Morgan fingerprint density at radius 2 is 1.84 bits per heavy atom. The summed E-state index contributed by atoms with van der Waals surface area (Å²) in [5, 5.41) is 15.7. The average molecular weight is 377 g/mol. The fourth-order valence-corrected chi connectivity index (χ4v) is 1.41. The minimum absolute atomic E-state index is 0. The minimum atomic E-state index is 0. The number of nitrogens with zero attached hydrogens (tertiary/aromatic N) is 1. The summed E-state index contributed by atoms with van der Waals surface area (Å²) in [4.78, 5) is 4.50. The zero-order chi connectivity index (χ0) is 13.4. The molecule has 19 heavy (non-hydrogen) atoms. The molecule has 0 aliphatic rings. The molecule has 0 amide bonds. The van der Waals surface area contributed by atoms with E-state index in [0.717, 1.165) is 24.6 Å². The molecule has 0 saturated heterocycles. The van der Waals surface area contributed by atoms with E-state index < -0.39 is 0 Å². The summed E-state index contributed by atoms with van der Waals surface area (Å²) in [6.07, 6.45) is 0. The second kappa shape index (κ2) is 9.89. The predicted molar refractivity (Wildman–Crippen MR) is 91.2 cm³/mol. The number of aliphatic imine (C=N–C) groups is 1. The zero-order valence-electron chi connectivity index (χ0n) is 11.8. The number of nitrogens with one attached hydrogen (secondary N) is 2. The van der Waals surface area contributed by atoms with Crippen molar-refractivity contribution in [2.75, 3.05) is 13.1 Å². The topological polar surface area (TPSA) is 56.7 Å². The van der Waals surface area contributed by atoms with Crippen LogP contribution in [0.5, 0.6) is 5.75 Å². The van der Waals surface area contributed by atoms with Crippen LogP contribution >= 0.6 is 24.0 Å². The Hall–Kier alpha value is -0.980. The van der Waals surface area contributed by atoms with Gasteiger partial charge in [0, 0.05) is 13.1 Å². The number of aromatic hydroxyl groups is 1. The lowest BCUT2D eigenvalue weighted by Crippen LogP contribution is -2.39. The fourth-order valence-electron chi connectivity index (χ4n) is 1.41. The van der Waals surface area contributed by atoms with E-state index in [9.17, 15) is 5.11 Å². The molecule has 3 N–H and O–H groups in total. The monoisotopic (exact) mass is 377 g/mol. The molecule has 0 aromatic heterocycles. The van der Waals surface area contributed by atoms with E-state index in [0.29, 0.717) is 12.5 Å². The molecule has 1 rings (SSSR count). The Morgan fingerprint density at radius 3 is 2.37 bits per heavy atom. The van der Waals surface area contributed by atoms with E-state index in [2.05, 4.69) is 29.5 Å². The quantitative estimate of drug-likeness (QED) is 0.420. The van der Waals surface area contributed by atoms with Gasteiger partial charge in [0.15, 0.2) is 5.96 Å². The number of phenolic OH excluding ortho intramolecular Hbond substituents is 1. The van der Waals surface area contributed by atoms with Crippen LogP contribution in [0.15, 0.2) is 29.3 Å². The lowest BCUT2D eigenvalue weighted by Gasteiger charge is -2.12. The first-order valence-corrected chi connectivity index (χ1v) is 6.42. The Kier molecular flexibility index (Phi) is 9.38. The van der Waals surface area contributed by atoms with Gasteiger partial charge in [-0.3, -0.25) is 0 Å². The highest BCUT2D eigenvalue weighted by Crippen LogP contribution is 2.10. The molecule has 0 fully saturated rings. The third kappa shape index (κ3) is 7.92. The van der Waals surface area contributed by atoms with Crippen molar-refractivity contribution in [1.82, 2.24) is 10.6 Å². The fraction of sp³-hybridized carbons (Fsp3) is 0.500. The van der Waals surface area contributed by atoms with Crippen molar-refractivity contribution < 1.29 is 5.11 Å². The van der Waals surface area contributed by atoms with E-state index in [1.54, 1.807) is 12.1 Å². The maximum Gasteiger partial charge on any atom is 0.191 e. The van der Waals surface area contributed by atoms with Crippen molar-refractivity contribution in [2.45, 2.75) is 27.3 Å². The lowest BCUT2D eigenvalue weighted by atomic mass is 10.2. The highest BCUT2D eigenvalue weighted by Gasteiger charge is 1.99. The van der Waals surface area contributed by atoms with Crippen LogP contribution in [0.3, 0.4) is 0 Å². The highest BCUT2D eigenvalue weighted by molar-refractivity contribution is 14.0. The van der Waals surface area contributed by atoms with Crippen molar-refractivity contribution in [2.24, 2.45) is 10.9 Å². The molecule has 1 aromatic rings. The van der Waals surface area contributed by atoms with Crippen LogP contribution < -0.4 is 10.6 Å². The third-order valence-electron chi connectivity index (χ3n) is 2.38. The standard InChI is InChI=1S/C14H23N3O.HI/c1-4-15-14(16-9-11(2)3)17-10-12-5-7-13(18)8-6-12;/h5-8,11,18H,4,9-10H2,1-3H3,(H2,15,16,17);1H. The molecule has 0 saturated carbocycles. The molecule has 1 aromatic carbocycles. The molecular formula is C14H24IN3O. The number of halogens is 1. The van der Waals surface area contributed by atoms with Crippen LogP contribution in [0.25, 0.3) is 0 Å². The molecule has 0 heterocycles. The number of rotatable bonds is 5. The predicted octanol–water partition coefficient (Wildman–Crippen LogP) is 2.72. The normalized spacial score (nSPS) is 11.1. The van der Waals surface area contributed by atoms with Gasteiger partial charge >= 0.3 is 0 Å². The number of phenols is 1. The Balaban J connectivity index is 0.00000324. The maximum atomic E-state index is 9.20. The van der Waals surface area contributed by atoms with Gasteiger partial charge < -0.3 is 15.7 Å². The van der Waals surface area contributed by atoms with Crippen LogP contribution in [-0.2, 0) is 6.54 Å². The van der Waals surface area contributed by atoms with Crippen molar-refractivity contribution in [3.63, 3.8) is 0 Å². The molecule has 0 aliphatic heterocycles. The molecule has 0 spiro atoms. The molecule has 0 aliphatic carbocycles. The van der Waals surface area contributed by atoms with E-state index in [1.165, 1.54) is 0 Å². The molecular weight excluding hydrogens is 353 g/mol. The van der Waals surface area contributed by atoms with Crippen LogP contribution in [0.1, 0.15) is 26.3 Å². The molecule has 108 valence electrons. The summed E-state index contributed by atoms with van der Waals surface area (Å²) in [7, 11) is 0. The minimum Gasteiger partial charge on any atom is -0.508 e. The van der Waals surface area contributed by atoms with Crippen molar-refractivity contribution >= 4 is 29.9 Å². The second-order valence-electron chi connectivity index (χ2n) is 4.64. The van der Waals surface area contributed by atoms with Crippen LogP contribution in [0.4, 0.5) is 0 Å². The van der Waals surface area contributed by atoms with Crippen molar-refractivity contribution in [3.8, 4) is 5.75 Å². The first-order chi connectivity index (χ1) is 8.61. The first kappa shape index (κ1) is 18.0. The number of benzene rings is 1. The largest absolute Gasteiger partial charge is 0.508 e. The smallest absolute Gasteiger partial charge is 0.191 e. The van der Waals surface area contributed by atoms with Gasteiger partial charge in [0.2, 0.25) is 0 Å². The van der Waals surface area contributed by atoms with Gasteiger partial charge in [0.05, 0.1) is 6.54 Å². The van der Waals surface area contributed by atoms with Crippen molar-refractivity contribution in [3.05, 3.63) is 29.8 Å². The van der Waals surface area contributed by atoms with Gasteiger partial charge in [-0.25, -0.2) is 4.99 Å². The molecule has 0 radical (unpaired) electrons. The SMILES string of the molecule is CCNC(=NCc1ccc(O)cc1)NCC(C)C.I. The lowest BCUT2D eigenvalue weighted by molar-refractivity contribution is 0.475. The summed E-state index contributed by atoms with van der Waals surface area (Å²) in [5.41, 5.74) is 1.08. The van der Waals surface area contributed by atoms with Gasteiger partial charge in [-0.15, -0.1) is 24.0 Å². The molecule has 0 atom stereocenters. The van der Waals surface area contributed by atoms with Crippen LogP contribution in [0, 0.1) is 5.92 Å². The van der Waals surface area contributed by atoms with E-state index >= 15 is 0 Å². The molecule has 5 heteroatoms. The van der Waals surface area contributed by atoms with Gasteiger partial charge in [-0.05, 0) is 30.5 Å². The Bertz CT molecular complexity index is 377. The molecule has 4 nitrogen and oxygen atoms in total. The Morgan fingerprint density at radius 1 is 1.21 bits per heavy atom. The van der Waals surface area contributed by atoms with Gasteiger partial charge in [-0.2, -0.15) is 0 Å². The van der Waals surface area contributed by atoms with E-state index in [4.69, 9.17) is 0 Å². The van der Waals surface area contributed by atoms with Crippen molar-refractivity contribution in [1.29, 1.82) is 0 Å². The second-order valence-corrected chi connectivity index (χ2v) is 4.64. The summed E-state index contributed by atoms with van der Waals surface area (Å²) in [6, 6.07) is 7.12. The summed E-state index contributed by atoms with van der Waals surface area (Å²) >= 11 is 0. The number of hydrogen-bond acceptors (Lipinski definition) is 2. The maximum absolute atomic E-state index is 9.20. The number of guanidine groups is 1. The average Bonchev–Trinajstić information content (AvgIpc) is 2.34. The third-order valence-corrected chi connectivity index (χ3v) is 2.38. The number of hydrogen-bond donors (Lipinski definition) is 3.